The molecule has 2 rings (SSSR count). The van der Waals surface area contributed by atoms with Crippen molar-refractivity contribution in [1.29, 1.82) is 5.26 Å². The second-order valence-electron chi connectivity index (χ2n) is 4.34. The van der Waals surface area contributed by atoms with E-state index in [1.54, 1.807) is 0 Å². The van der Waals surface area contributed by atoms with Gasteiger partial charge in [-0.15, -0.1) is 0 Å². The summed E-state index contributed by atoms with van der Waals surface area (Å²) in [5.41, 5.74) is 3.38. The van der Waals surface area contributed by atoms with Crippen molar-refractivity contribution in [2.45, 2.75) is 20.3 Å². The van der Waals surface area contributed by atoms with Crippen LogP contribution < -0.4 is 4.74 Å². The molecule has 0 amide bonds. The molecule has 0 atom stereocenters. The Morgan fingerprint density at radius 3 is 2.50 bits per heavy atom. The van der Waals surface area contributed by atoms with Gasteiger partial charge in [0.1, 0.15) is 16.5 Å². The minimum atomic E-state index is 0.496. The van der Waals surface area contributed by atoms with Crippen molar-refractivity contribution >= 4 is 12.2 Å². The number of hydrogen-bond donors (Lipinski definition) is 1. The first-order chi connectivity index (χ1) is 9.69. The van der Waals surface area contributed by atoms with Crippen LogP contribution in [0.4, 0.5) is 0 Å². The number of nitrogens with zero attached hydrogens (tertiary/aromatic N) is 1. The molecule has 102 valence electrons. The smallest absolute Gasteiger partial charge is 0.122 e. The lowest BCUT2D eigenvalue weighted by molar-refractivity contribution is 0.340. The van der Waals surface area contributed by atoms with Crippen molar-refractivity contribution in [3.63, 3.8) is 0 Å². The van der Waals surface area contributed by atoms with Crippen LogP contribution in [0.15, 0.2) is 30.3 Å². The Balaban J connectivity index is 2.53. The highest BCUT2D eigenvalue weighted by Gasteiger charge is 2.09. The summed E-state index contributed by atoms with van der Waals surface area (Å²) < 4.78 is 5.93. The van der Waals surface area contributed by atoms with Crippen molar-refractivity contribution in [2.75, 3.05) is 6.61 Å². The molecule has 0 saturated carbocycles. The monoisotopic (exact) mass is 284 g/mol. The van der Waals surface area contributed by atoms with Crippen molar-refractivity contribution in [1.82, 2.24) is 4.98 Å². The quantitative estimate of drug-likeness (QED) is 0.854. The summed E-state index contributed by atoms with van der Waals surface area (Å²) in [4.78, 5) is 3.09. The molecule has 0 aliphatic carbocycles. The zero-order valence-corrected chi connectivity index (χ0v) is 12.4. The lowest BCUT2D eigenvalue weighted by atomic mass is 10.0. The molecule has 0 spiro atoms. The molecule has 0 fully saturated rings. The Labute approximate surface area is 123 Å². The highest BCUT2D eigenvalue weighted by molar-refractivity contribution is 7.71. The van der Waals surface area contributed by atoms with Gasteiger partial charge in [0.2, 0.25) is 0 Å². The Kier molecular flexibility index (Phi) is 4.54. The van der Waals surface area contributed by atoms with Gasteiger partial charge in [-0.1, -0.05) is 31.3 Å². The first kappa shape index (κ1) is 14.3. The third kappa shape index (κ3) is 2.89. The molecular formula is C16H16N2OS. The van der Waals surface area contributed by atoms with Crippen molar-refractivity contribution in [2.24, 2.45) is 0 Å². The summed E-state index contributed by atoms with van der Waals surface area (Å²) in [5.74, 6) is 0.826. The van der Waals surface area contributed by atoms with Gasteiger partial charge in [0, 0.05) is 11.3 Å². The van der Waals surface area contributed by atoms with Crippen molar-refractivity contribution in [3.05, 3.63) is 46.2 Å². The third-order valence-corrected chi connectivity index (χ3v) is 3.36. The first-order valence-corrected chi connectivity index (χ1v) is 7.00. The molecule has 20 heavy (non-hydrogen) atoms. The molecule has 1 aromatic carbocycles. The maximum Gasteiger partial charge on any atom is 0.122 e. The number of aryl methyl sites for hydroxylation is 1. The third-order valence-electron chi connectivity index (χ3n) is 3.06. The Bertz CT molecular complexity index is 696. The van der Waals surface area contributed by atoms with Crippen LogP contribution in [0.3, 0.4) is 0 Å². The summed E-state index contributed by atoms with van der Waals surface area (Å²) in [6.07, 6.45) is 0.847. The number of ether oxygens (including phenoxy) is 1. The van der Waals surface area contributed by atoms with Gasteiger partial charge in [0.25, 0.3) is 0 Å². The largest absolute Gasteiger partial charge is 0.494 e. The molecule has 2 aromatic rings. The molecule has 1 N–H and O–H groups in total. The van der Waals surface area contributed by atoms with Crippen LogP contribution in [0.2, 0.25) is 0 Å². The zero-order valence-electron chi connectivity index (χ0n) is 11.6. The number of H-pyrrole nitrogens is 1. The fourth-order valence-electron chi connectivity index (χ4n) is 2.04. The highest BCUT2D eigenvalue weighted by Crippen LogP contribution is 2.26. The first-order valence-electron chi connectivity index (χ1n) is 6.59. The molecule has 0 saturated heterocycles. The van der Waals surface area contributed by atoms with Crippen LogP contribution in [0.5, 0.6) is 5.75 Å². The minimum absolute atomic E-state index is 0.496. The Morgan fingerprint density at radius 1 is 1.25 bits per heavy atom. The van der Waals surface area contributed by atoms with Crippen molar-refractivity contribution in [3.8, 4) is 22.9 Å². The van der Waals surface area contributed by atoms with Gasteiger partial charge in [-0.05, 0) is 37.1 Å². The van der Waals surface area contributed by atoms with Crippen LogP contribution in [0, 0.1) is 16.0 Å². The predicted molar refractivity (Wildman–Crippen MR) is 82.3 cm³/mol. The minimum Gasteiger partial charge on any atom is -0.494 e. The van der Waals surface area contributed by atoms with Gasteiger partial charge >= 0.3 is 0 Å². The van der Waals surface area contributed by atoms with E-state index in [4.69, 9.17) is 17.0 Å². The van der Waals surface area contributed by atoms with E-state index in [1.165, 1.54) is 0 Å². The predicted octanol–water partition coefficient (Wildman–Crippen LogP) is 4.24. The van der Waals surface area contributed by atoms with Crippen LogP contribution in [0.1, 0.15) is 25.1 Å². The summed E-state index contributed by atoms with van der Waals surface area (Å²) in [6.45, 7) is 4.64. The summed E-state index contributed by atoms with van der Waals surface area (Å²) in [7, 11) is 0. The Morgan fingerprint density at radius 2 is 1.95 bits per heavy atom. The number of aromatic amines is 1. The number of aromatic nitrogens is 1. The van der Waals surface area contributed by atoms with Gasteiger partial charge in [-0.3, -0.25) is 0 Å². The van der Waals surface area contributed by atoms with Gasteiger partial charge in [0.15, 0.2) is 0 Å². The van der Waals surface area contributed by atoms with E-state index in [0.717, 1.165) is 29.0 Å². The number of nitrogens with one attached hydrogen (secondary N) is 1. The normalized spacial score (nSPS) is 10.1. The van der Waals surface area contributed by atoms with E-state index in [-0.39, 0.29) is 0 Å². The molecule has 0 unspecified atom stereocenters. The molecule has 1 aromatic heterocycles. The number of rotatable bonds is 4. The number of nitriles is 1. The average molecular weight is 284 g/mol. The standard InChI is InChI=1S/C16H16N2OS/c1-3-12-9-14(15(10-17)16(20)18-12)11-5-7-13(8-6-11)19-4-2/h5-9H,3-4H2,1-2H3,(H,18,20). The zero-order chi connectivity index (χ0) is 14.5. The molecule has 0 aliphatic rings. The summed E-state index contributed by atoms with van der Waals surface area (Å²) in [6, 6.07) is 11.9. The maximum atomic E-state index is 9.30. The SMILES string of the molecule is CCOc1ccc(-c2cc(CC)[nH]c(=S)c2C#N)cc1. The van der Waals surface area contributed by atoms with E-state index in [1.807, 2.05) is 37.3 Å². The van der Waals surface area contributed by atoms with Crippen molar-refractivity contribution < 1.29 is 4.74 Å². The van der Waals surface area contributed by atoms with Gasteiger partial charge < -0.3 is 9.72 Å². The number of benzene rings is 1. The molecule has 4 heteroatoms. The van der Waals surface area contributed by atoms with Crippen LogP contribution in [-0.2, 0) is 6.42 Å². The van der Waals surface area contributed by atoms with Gasteiger partial charge in [-0.2, -0.15) is 5.26 Å². The van der Waals surface area contributed by atoms with Crippen LogP contribution >= 0.6 is 12.2 Å². The van der Waals surface area contributed by atoms with Crippen LogP contribution in [-0.4, -0.2) is 11.6 Å². The van der Waals surface area contributed by atoms with Gasteiger partial charge in [-0.25, -0.2) is 0 Å². The number of hydrogen-bond acceptors (Lipinski definition) is 3. The van der Waals surface area contributed by atoms with Gasteiger partial charge in [0.05, 0.1) is 12.2 Å². The molecule has 0 aliphatic heterocycles. The molecule has 1 heterocycles. The topological polar surface area (TPSA) is 48.8 Å². The van der Waals surface area contributed by atoms with E-state index in [9.17, 15) is 5.26 Å². The van der Waals surface area contributed by atoms with Crippen LogP contribution in [0.25, 0.3) is 11.1 Å². The van der Waals surface area contributed by atoms with E-state index in [0.29, 0.717) is 16.8 Å². The summed E-state index contributed by atoms with van der Waals surface area (Å²) in [5, 5.41) is 9.30. The average Bonchev–Trinajstić information content (AvgIpc) is 2.47. The van der Waals surface area contributed by atoms with E-state index >= 15 is 0 Å². The van der Waals surface area contributed by atoms with E-state index in [2.05, 4.69) is 18.0 Å². The molecular weight excluding hydrogens is 268 g/mol. The fourth-order valence-corrected chi connectivity index (χ4v) is 2.33. The number of pyridine rings is 1. The second-order valence-corrected chi connectivity index (χ2v) is 4.74. The molecule has 0 bridgehead atoms. The van der Waals surface area contributed by atoms with E-state index < -0.39 is 0 Å². The molecule has 0 radical (unpaired) electrons. The summed E-state index contributed by atoms with van der Waals surface area (Å²) >= 11 is 5.26. The lowest BCUT2D eigenvalue weighted by Crippen LogP contribution is -1.95. The highest BCUT2D eigenvalue weighted by atomic mass is 32.1. The fraction of sp³-hybridized carbons (Fsp3) is 0.250. The lowest BCUT2D eigenvalue weighted by Gasteiger charge is -2.09. The Hall–Kier alpha value is -2.12. The molecule has 3 nitrogen and oxygen atoms in total. The maximum absolute atomic E-state index is 9.30. The second kappa shape index (κ2) is 6.36.